The number of nitrogens with one attached hydrogen (secondary N) is 1. The topological polar surface area (TPSA) is 68.3 Å². The Hall–Kier alpha value is -1.81. The summed E-state index contributed by atoms with van der Waals surface area (Å²) in [5.74, 6) is 0.967. The molecule has 20 heavy (non-hydrogen) atoms. The minimum absolute atomic E-state index is 0.0276. The molecule has 1 aliphatic carbocycles. The quantitative estimate of drug-likeness (QED) is 0.878. The third-order valence-corrected chi connectivity index (χ3v) is 4.00. The van der Waals surface area contributed by atoms with Gasteiger partial charge in [0.1, 0.15) is 11.3 Å². The third kappa shape index (κ3) is 2.70. The molecule has 2 atom stereocenters. The molecule has 0 radical (unpaired) electrons. The SMILES string of the molecule is CC(C(=O)NCC(N)C1CC1)c1cc2ccccc2o1. The number of carbonyl (C=O) groups is 1. The first-order valence-electron chi connectivity index (χ1n) is 7.17. The fourth-order valence-electron chi connectivity index (χ4n) is 2.41. The Morgan fingerprint density at radius 3 is 2.90 bits per heavy atom. The van der Waals surface area contributed by atoms with E-state index in [1.54, 1.807) is 0 Å². The molecule has 3 rings (SSSR count). The molecule has 2 aromatic rings. The van der Waals surface area contributed by atoms with Crippen molar-refractivity contribution in [2.75, 3.05) is 6.54 Å². The number of fused-ring (bicyclic) bond motifs is 1. The Morgan fingerprint density at radius 1 is 1.45 bits per heavy atom. The predicted molar refractivity (Wildman–Crippen MR) is 78.3 cm³/mol. The van der Waals surface area contributed by atoms with Gasteiger partial charge in [-0.15, -0.1) is 0 Å². The number of para-hydroxylation sites is 1. The van der Waals surface area contributed by atoms with E-state index in [1.807, 2.05) is 37.3 Å². The lowest BCUT2D eigenvalue weighted by Gasteiger charge is -2.14. The van der Waals surface area contributed by atoms with Gasteiger partial charge in [0.15, 0.2) is 0 Å². The first kappa shape index (κ1) is 13.2. The smallest absolute Gasteiger partial charge is 0.230 e. The van der Waals surface area contributed by atoms with Gasteiger partial charge in [0.2, 0.25) is 5.91 Å². The molecule has 1 aliphatic rings. The van der Waals surface area contributed by atoms with Gasteiger partial charge in [0.05, 0.1) is 5.92 Å². The number of rotatable bonds is 5. The third-order valence-electron chi connectivity index (χ3n) is 4.00. The largest absolute Gasteiger partial charge is 0.460 e. The van der Waals surface area contributed by atoms with Crippen molar-refractivity contribution in [2.24, 2.45) is 11.7 Å². The average Bonchev–Trinajstić information content (AvgIpc) is 3.22. The van der Waals surface area contributed by atoms with E-state index < -0.39 is 0 Å². The van der Waals surface area contributed by atoms with Crippen molar-refractivity contribution < 1.29 is 9.21 Å². The highest BCUT2D eigenvalue weighted by Gasteiger charge is 2.29. The highest BCUT2D eigenvalue weighted by Crippen LogP contribution is 2.31. The zero-order valence-electron chi connectivity index (χ0n) is 11.6. The Balaban J connectivity index is 1.64. The number of furan rings is 1. The van der Waals surface area contributed by atoms with Crippen LogP contribution in [0.2, 0.25) is 0 Å². The maximum atomic E-state index is 12.1. The molecule has 0 spiro atoms. The van der Waals surface area contributed by atoms with Crippen molar-refractivity contribution in [3.05, 3.63) is 36.1 Å². The van der Waals surface area contributed by atoms with Crippen LogP contribution in [0.1, 0.15) is 31.4 Å². The molecule has 1 heterocycles. The van der Waals surface area contributed by atoms with Crippen LogP contribution in [0.3, 0.4) is 0 Å². The van der Waals surface area contributed by atoms with E-state index in [-0.39, 0.29) is 17.9 Å². The minimum Gasteiger partial charge on any atom is -0.460 e. The van der Waals surface area contributed by atoms with Crippen LogP contribution in [0.15, 0.2) is 34.7 Å². The Kier molecular flexibility index (Phi) is 3.49. The molecule has 0 bridgehead atoms. The lowest BCUT2D eigenvalue weighted by Crippen LogP contribution is -2.40. The van der Waals surface area contributed by atoms with Gasteiger partial charge in [0, 0.05) is 18.0 Å². The summed E-state index contributed by atoms with van der Waals surface area (Å²) < 4.78 is 5.73. The zero-order valence-corrected chi connectivity index (χ0v) is 11.6. The summed E-state index contributed by atoms with van der Waals surface area (Å²) in [6.45, 7) is 2.41. The lowest BCUT2D eigenvalue weighted by atomic mass is 10.1. The molecule has 3 N–H and O–H groups in total. The Morgan fingerprint density at radius 2 is 2.20 bits per heavy atom. The number of carbonyl (C=O) groups excluding carboxylic acids is 1. The monoisotopic (exact) mass is 272 g/mol. The zero-order chi connectivity index (χ0) is 14.1. The van der Waals surface area contributed by atoms with Crippen LogP contribution in [-0.2, 0) is 4.79 Å². The number of nitrogens with two attached hydrogens (primary N) is 1. The van der Waals surface area contributed by atoms with Crippen molar-refractivity contribution in [3.8, 4) is 0 Å². The fourth-order valence-corrected chi connectivity index (χ4v) is 2.41. The van der Waals surface area contributed by atoms with E-state index in [1.165, 1.54) is 12.8 Å². The summed E-state index contributed by atoms with van der Waals surface area (Å²) in [7, 11) is 0. The van der Waals surface area contributed by atoms with Crippen LogP contribution in [0.4, 0.5) is 0 Å². The summed E-state index contributed by atoms with van der Waals surface area (Å²) in [5.41, 5.74) is 6.81. The van der Waals surface area contributed by atoms with Gasteiger partial charge < -0.3 is 15.5 Å². The molecule has 1 fully saturated rings. The predicted octanol–water partition coefficient (Wildman–Crippen LogP) is 2.39. The highest BCUT2D eigenvalue weighted by atomic mass is 16.3. The summed E-state index contributed by atoms with van der Waals surface area (Å²) >= 11 is 0. The molecular weight excluding hydrogens is 252 g/mol. The molecule has 1 aromatic carbocycles. The van der Waals surface area contributed by atoms with Gasteiger partial charge in [-0.05, 0) is 37.8 Å². The number of amides is 1. The van der Waals surface area contributed by atoms with Crippen LogP contribution in [0.25, 0.3) is 11.0 Å². The average molecular weight is 272 g/mol. The van der Waals surface area contributed by atoms with Crippen LogP contribution in [-0.4, -0.2) is 18.5 Å². The van der Waals surface area contributed by atoms with Gasteiger partial charge >= 0.3 is 0 Å². The Labute approximate surface area is 118 Å². The van der Waals surface area contributed by atoms with E-state index in [0.29, 0.717) is 18.2 Å². The van der Waals surface area contributed by atoms with Gasteiger partial charge in [0.25, 0.3) is 0 Å². The van der Waals surface area contributed by atoms with E-state index in [0.717, 1.165) is 11.0 Å². The lowest BCUT2D eigenvalue weighted by molar-refractivity contribution is -0.122. The van der Waals surface area contributed by atoms with E-state index in [2.05, 4.69) is 5.32 Å². The molecule has 4 nitrogen and oxygen atoms in total. The molecule has 106 valence electrons. The first-order valence-corrected chi connectivity index (χ1v) is 7.17. The van der Waals surface area contributed by atoms with Crippen LogP contribution in [0, 0.1) is 5.92 Å². The summed E-state index contributed by atoms with van der Waals surface area (Å²) in [6.07, 6.45) is 2.38. The number of hydrogen-bond acceptors (Lipinski definition) is 3. The van der Waals surface area contributed by atoms with Crippen molar-refractivity contribution in [1.82, 2.24) is 5.32 Å². The molecule has 0 aliphatic heterocycles. The van der Waals surface area contributed by atoms with E-state index in [9.17, 15) is 4.79 Å². The second kappa shape index (κ2) is 5.29. The van der Waals surface area contributed by atoms with Crippen LogP contribution >= 0.6 is 0 Å². The number of benzene rings is 1. The summed E-state index contributed by atoms with van der Waals surface area (Å²) in [6, 6.07) is 9.79. The van der Waals surface area contributed by atoms with Crippen LogP contribution < -0.4 is 11.1 Å². The van der Waals surface area contributed by atoms with E-state index >= 15 is 0 Å². The van der Waals surface area contributed by atoms with Gasteiger partial charge in [-0.1, -0.05) is 18.2 Å². The standard InChI is InChI=1S/C16H20N2O2/c1-10(16(19)18-9-13(17)11-6-7-11)15-8-12-4-2-3-5-14(12)20-15/h2-5,8,10-11,13H,6-7,9,17H2,1H3,(H,18,19). The van der Waals surface area contributed by atoms with Gasteiger partial charge in [-0.25, -0.2) is 0 Å². The normalized spacial score (nSPS) is 17.9. The molecule has 1 amide bonds. The molecule has 0 saturated heterocycles. The summed E-state index contributed by atoms with van der Waals surface area (Å²) in [5, 5.41) is 3.95. The summed E-state index contributed by atoms with van der Waals surface area (Å²) in [4.78, 5) is 12.1. The maximum Gasteiger partial charge on any atom is 0.230 e. The molecule has 4 heteroatoms. The van der Waals surface area contributed by atoms with Crippen molar-refractivity contribution in [3.63, 3.8) is 0 Å². The van der Waals surface area contributed by atoms with Crippen LogP contribution in [0.5, 0.6) is 0 Å². The fraction of sp³-hybridized carbons (Fsp3) is 0.438. The molecule has 1 aromatic heterocycles. The van der Waals surface area contributed by atoms with E-state index in [4.69, 9.17) is 10.2 Å². The highest BCUT2D eigenvalue weighted by molar-refractivity contribution is 5.85. The molecular formula is C16H20N2O2. The van der Waals surface area contributed by atoms with Crippen molar-refractivity contribution in [1.29, 1.82) is 0 Å². The molecule has 1 saturated carbocycles. The molecule has 2 unspecified atom stereocenters. The van der Waals surface area contributed by atoms with Crippen molar-refractivity contribution in [2.45, 2.75) is 31.7 Å². The second-order valence-electron chi connectivity index (χ2n) is 5.65. The van der Waals surface area contributed by atoms with Crippen molar-refractivity contribution >= 4 is 16.9 Å². The van der Waals surface area contributed by atoms with Gasteiger partial charge in [-0.2, -0.15) is 0 Å². The first-order chi connectivity index (χ1) is 9.65. The number of hydrogen-bond donors (Lipinski definition) is 2. The van der Waals surface area contributed by atoms with Gasteiger partial charge in [-0.3, -0.25) is 4.79 Å². The second-order valence-corrected chi connectivity index (χ2v) is 5.65. The Bertz CT molecular complexity index is 583. The minimum atomic E-state index is -0.297. The maximum absolute atomic E-state index is 12.1.